The van der Waals surface area contributed by atoms with Gasteiger partial charge in [-0.15, -0.1) is 0 Å². The smallest absolute Gasteiger partial charge is 0.121 e. The van der Waals surface area contributed by atoms with Crippen LogP contribution in [0.3, 0.4) is 0 Å². The lowest BCUT2D eigenvalue weighted by Crippen LogP contribution is -2.22. The summed E-state index contributed by atoms with van der Waals surface area (Å²) in [5.74, 6) is 0.725. The van der Waals surface area contributed by atoms with Gasteiger partial charge in [-0.2, -0.15) is 5.26 Å². The predicted molar refractivity (Wildman–Crippen MR) is 67.3 cm³/mol. The molecule has 1 atom stereocenters. The minimum Gasteiger partial charge on any atom is -0.497 e. The van der Waals surface area contributed by atoms with Gasteiger partial charge in [0, 0.05) is 19.7 Å². The summed E-state index contributed by atoms with van der Waals surface area (Å²) in [6.45, 7) is 2.45. The van der Waals surface area contributed by atoms with Crippen LogP contribution >= 0.6 is 0 Å². The van der Waals surface area contributed by atoms with Crippen molar-refractivity contribution in [2.45, 2.75) is 19.4 Å². The molecule has 0 amide bonds. The number of hydrogen-bond donors (Lipinski definition) is 1. The Labute approximate surface area is 102 Å². The van der Waals surface area contributed by atoms with Crippen molar-refractivity contribution in [1.29, 1.82) is 5.26 Å². The highest BCUT2D eigenvalue weighted by Crippen LogP contribution is 2.25. The molecule has 1 unspecified atom stereocenters. The SMILES string of the molecule is COc1ccc(C#N)c(N(C)CCC(C)O)c1. The topological polar surface area (TPSA) is 56.5 Å². The van der Waals surface area contributed by atoms with Gasteiger partial charge in [-0.25, -0.2) is 0 Å². The Hall–Kier alpha value is -1.73. The highest BCUT2D eigenvalue weighted by atomic mass is 16.5. The first-order valence-electron chi connectivity index (χ1n) is 5.55. The van der Waals surface area contributed by atoms with Crippen LogP contribution in [0.2, 0.25) is 0 Å². The monoisotopic (exact) mass is 234 g/mol. The van der Waals surface area contributed by atoms with E-state index < -0.39 is 0 Å². The number of aliphatic hydroxyl groups excluding tert-OH is 1. The second-order valence-corrected chi connectivity index (χ2v) is 4.05. The maximum absolute atomic E-state index is 9.26. The molecule has 0 fully saturated rings. The Morgan fingerprint density at radius 2 is 2.24 bits per heavy atom. The largest absolute Gasteiger partial charge is 0.497 e. The second kappa shape index (κ2) is 6.12. The van der Waals surface area contributed by atoms with Crippen molar-refractivity contribution in [3.63, 3.8) is 0 Å². The first-order valence-corrected chi connectivity index (χ1v) is 5.55. The van der Waals surface area contributed by atoms with Gasteiger partial charge in [0.2, 0.25) is 0 Å². The summed E-state index contributed by atoms with van der Waals surface area (Å²) in [6, 6.07) is 7.50. The molecule has 0 bridgehead atoms. The number of methoxy groups -OCH3 is 1. The van der Waals surface area contributed by atoms with Crippen LogP contribution < -0.4 is 9.64 Å². The molecule has 92 valence electrons. The van der Waals surface area contributed by atoms with Crippen LogP contribution in [0.25, 0.3) is 0 Å². The van der Waals surface area contributed by atoms with E-state index in [0.29, 0.717) is 18.5 Å². The highest BCUT2D eigenvalue weighted by Gasteiger charge is 2.09. The Morgan fingerprint density at radius 1 is 1.53 bits per heavy atom. The van der Waals surface area contributed by atoms with Gasteiger partial charge in [-0.3, -0.25) is 0 Å². The Morgan fingerprint density at radius 3 is 2.76 bits per heavy atom. The number of ether oxygens (including phenoxy) is 1. The van der Waals surface area contributed by atoms with E-state index in [1.165, 1.54) is 0 Å². The molecular formula is C13H18N2O2. The lowest BCUT2D eigenvalue weighted by Gasteiger charge is -2.21. The Kier molecular flexibility index (Phi) is 4.80. The predicted octanol–water partition coefficient (Wildman–Crippen LogP) is 1.77. The standard InChI is InChI=1S/C13H18N2O2/c1-10(16)6-7-15(2)13-8-12(17-3)5-4-11(13)9-14/h4-5,8,10,16H,6-7H2,1-3H3. The molecule has 0 aromatic heterocycles. The van der Waals surface area contributed by atoms with Crippen molar-refractivity contribution < 1.29 is 9.84 Å². The fourth-order valence-corrected chi connectivity index (χ4v) is 1.55. The van der Waals surface area contributed by atoms with E-state index >= 15 is 0 Å². The summed E-state index contributed by atoms with van der Waals surface area (Å²) in [7, 11) is 3.50. The lowest BCUT2D eigenvalue weighted by molar-refractivity contribution is 0.187. The summed E-state index contributed by atoms with van der Waals surface area (Å²) in [5, 5.41) is 18.3. The van der Waals surface area contributed by atoms with Crippen molar-refractivity contribution in [2.24, 2.45) is 0 Å². The molecule has 0 aliphatic rings. The molecule has 4 heteroatoms. The highest BCUT2D eigenvalue weighted by molar-refractivity contribution is 5.61. The number of benzene rings is 1. The molecule has 0 spiro atoms. The molecule has 4 nitrogen and oxygen atoms in total. The molecule has 0 saturated heterocycles. The van der Waals surface area contributed by atoms with Crippen LogP contribution in [0.1, 0.15) is 18.9 Å². The summed E-state index contributed by atoms with van der Waals surface area (Å²) < 4.78 is 5.14. The fraction of sp³-hybridized carbons (Fsp3) is 0.462. The zero-order valence-corrected chi connectivity index (χ0v) is 10.5. The van der Waals surface area contributed by atoms with Gasteiger partial charge in [-0.05, 0) is 25.5 Å². The third kappa shape index (κ3) is 3.65. The Balaban J connectivity index is 2.90. The van der Waals surface area contributed by atoms with E-state index in [0.717, 1.165) is 11.4 Å². The van der Waals surface area contributed by atoms with Crippen molar-refractivity contribution in [1.82, 2.24) is 0 Å². The van der Waals surface area contributed by atoms with Crippen molar-refractivity contribution in [2.75, 3.05) is 25.6 Å². The first-order chi connectivity index (χ1) is 8.08. The molecule has 0 aliphatic heterocycles. The van der Waals surface area contributed by atoms with Gasteiger partial charge in [0.1, 0.15) is 11.8 Å². The third-order valence-corrected chi connectivity index (χ3v) is 2.62. The van der Waals surface area contributed by atoms with E-state index in [-0.39, 0.29) is 6.10 Å². The number of nitriles is 1. The van der Waals surface area contributed by atoms with Gasteiger partial charge in [0.15, 0.2) is 0 Å². The molecule has 0 radical (unpaired) electrons. The van der Waals surface area contributed by atoms with Crippen LogP contribution in [0.4, 0.5) is 5.69 Å². The summed E-state index contributed by atoms with van der Waals surface area (Å²) in [6.07, 6.45) is 0.326. The summed E-state index contributed by atoms with van der Waals surface area (Å²) >= 11 is 0. The van der Waals surface area contributed by atoms with Gasteiger partial charge >= 0.3 is 0 Å². The van der Waals surface area contributed by atoms with Crippen LogP contribution in [0.5, 0.6) is 5.75 Å². The third-order valence-electron chi connectivity index (χ3n) is 2.62. The second-order valence-electron chi connectivity index (χ2n) is 4.05. The van der Waals surface area contributed by atoms with Gasteiger partial charge in [0.05, 0.1) is 24.5 Å². The van der Waals surface area contributed by atoms with Crippen LogP contribution in [0.15, 0.2) is 18.2 Å². The molecule has 0 aliphatic carbocycles. The molecule has 0 saturated carbocycles. The molecular weight excluding hydrogens is 216 g/mol. The van der Waals surface area contributed by atoms with Gasteiger partial charge in [-0.1, -0.05) is 0 Å². The quantitative estimate of drug-likeness (QED) is 0.843. The number of anilines is 1. The zero-order chi connectivity index (χ0) is 12.8. The van der Waals surface area contributed by atoms with E-state index in [4.69, 9.17) is 10.00 Å². The normalized spacial score (nSPS) is 11.7. The van der Waals surface area contributed by atoms with Gasteiger partial charge < -0.3 is 14.7 Å². The van der Waals surface area contributed by atoms with Crippen LogP contribution in [-0.2, 0) is 0 Å². The van der Waals surface area contributed by atoms with Crippen molar-refractivity contribution >= 4 is 5.69 Å². The van der Waals surface area contributed by atoms with E-state index in [2.05, 4.69) is 6.07 Å². The summed E-state index contributed by atoms with van der Waals surface area (Å²) in [5.41, 5.74) is 1.44. The minimum absolute atomic E-state index is 0.339. The summed E-state index contributed by atoms with van der Waals surface area (Å²) in [4.78, 5) is 1.95. The minimum atomic E-state index is -0.339. The molecule has 1 N–H and O–H groups in total. The van der Waals surface area contributed by atoms with E-state index in [1.54, 1.807) is 26.2 Å². The molecule has 1 rings (SSSR count). The number of hydrogen-bond acceptors (Lipinski definition) is 4. The number of nitrogens with zero attached hydrogens (tertiary/aromatic N) is 2. The van der Waals surface area contributed by atoms with Crippen LogP contribution in [-0.4, -0.2) is 31.9 Å². The van der Waals surface area contributed by atoms with E-state index in [1.807, 2.05) is 18.0 Å². The average Bonchev–Trinajstić information content (AvgIpc) is 2.34. The van der Waals surface area contributed by atoms with E-state index in [9.17, 15) is 5.11 Å². The maximum atomic E-state index is 9.26. The molecule has 0 heterocycles. The first kappa shape index (κ1) is 13.3. The number of aliphatic hydroxyl groups is 1. The average molecular weight is 234 g/mol. The van der Waals surface area contributed by atoms with Crippen molar-refractivity contribution in [3.05, 3.63) is 23.8 Å². The fourth-order valence-electron chi connectivity index (χ4n) is 1.55. The van der Waals surface area contributed by atoms with Gasteiger partial charge in [0.25, 0.3) is 0 Å². The number of rotatable bonds is 5. The van der Waals surface area contributed by atoms with Crippen molar-refractivity contribution in [3.8, 4) is 11.8 Å². The molecule has 1 aromatic carbocycles. The zero-order valence-electron chi connectivity index (χ0n) is 10.5. The van der Waals surface area contributed by atoms with Crippen LogP contribution in [0, 0.1) is 11.3 Å². The lowest BCUT2D eigenvalue weighted by atomic mass is 10.1. The molecule has 1 aromatic rings. The molecule has 17 heavy (non-hydrogen) atoms. The maximum Gasteiger partial charge on any atom is 0.121 e. The Bertz CT molecular complexity index is 410.